The fourth-order valence-corrected chi connectivity index (χ4v) is 2.43. The van der Waals surface area contributed by atoms with Gasteiger partial charge in [-0.3, -0.25) is 10.2 Å². The van der Waals surface area contributed by atoms with Crippen LogP contribution in [0.1, 0.15) is 5.56 Å². The van der Waals surface area contributed by atoms with E-state index < -0.39 is 28.4 Å². The van der Waals surface area contributed by atoms with E-state index in [2.05, 4.69) is 0 Å². The van der Waals surface area contributed by atoms with Crippen LogP contribution < -0.4 is 15.0 Å². The summed E-state index contributed by atoms with van der Waals surface area (Å²) in [5, 5.41) is 1.41. The van der Waals surface area contributed by atoms with E-state index in [0.29, 0.717) is 10.6 Å². The maximum atomic E-state index is 13.3. The predicted molar refractivity (Wildman–Crippen MR) is 92.6 cm³/mol. The minimum absolute atomic E-state index is 0.108. The third-order valence-electron chi connectivity index (χ3n) is 2.84. The maximum Gasteiger partial charge on any atom is 0.272 e. The molecule has 2 aromatic rings. The molecule has 0 radical (unpaired) electrons. The molecule has 6 nitrogen and oxygen atoms in total. The summed E-state index contributed by atoms with van der Waals surface area (Å²) in [6.45, 7) is -0.551. The van der Waals surface area contributed by atoms with Gasteiger partial charge in [0, 0.05) is 10.4 Å². The molecule has 1 amide bonds. The second-order valence-electron chi connectivity index (χ2n) is 4.77. The summed E-state index contributed by atoms with van der Waals surface area (Å²) in [5.41, 5.74) is 2.58. The molecule has 0 aliphatic rings. The zero-order valence-electron chi connectivity index (χ0n) is 12.8. The van der Waals surface area contributed by atoms with Crippen molar-refractivity contribution in [1.82, 2.24) is 10.3 Å². The molecule has 0 aromatic heterocycles. The minimum Gasteiger partial charge on any atom is -0.481 e. The standard InChI is InChI=1S/C16H14ClFN2O4S/c17-13-7-5-12(6-8-13)9-10-25(22,23)20-19-16(21)11-24-15-4-2-1-3-14(15)18/h1-10,20H,11H2,(H,19,21)/b10-9+. The van der Waals surface area contributed by atoms with Crippen molar-refractivity contribution in [3.05, 3.63) is 70.3 Å². The van der Waals surface area contributed by atoms with Gasteiger partial charge in [0.05, 0.1) is 0 Å². The third-order valence-corrected chi connectivity index (χ3v) is 3.97. The van der Waals surface area contributed by atoms with E-state index >= 15 is 0 Å². The number of rotatable bonds is 7. The molecule has 0 aliphatic heterocycles. The Balaban J connectivity index is 1.83. The molecule has 2 N–H and O–H groups in total. The quantitative estimate of drug-likeness (QED) is 0.718. The van der Waals surface area contributed by atoms with Crippen molar-refractivity contribution < 1.29 is 22.3 Å². The Kier molecular flexibility index (Phi) is 6.51. The molecular formula is C16H14ClFN2O4S. The molecule has 132 valence electrons. The SMILES string of the molecule is O=C(COc1ccccc1F)NNS(=O)(=O)/C=C/c1ccc(Cl)cc1. The number of benzene rings is 2. The fourth-order valence-electron chi connectivity index (χ4n) is 1.65. The molecule has 0 heterocycles. The Labute approximate surface area is 149 Å². The first-order valence-electron chi connectivity index (χ1n) is 6.97. The highest BCUT2D eigenvalue weighted by Gasteiger charge is 2.09. The highest BCUT2D eigenvalue weighted by Crippen LogP contribution is 2.14. The first-order valence-corrected chi connectivity index (χ1v) is 8.90. The molecule has 0 atom stereocenters. The summed E-state index contributed by atoms with van der Waals surface area (Å²) < 4.78 is 41.8. The van der Waals surface area contributed by atoms with Crippen LogP contribution in [0.25, 0.3) is 6.08 Å². The lowest BCUT2D eigenvalue weighted by atomic mass is 10.2. The van der Waals surface area contributed by atoms with Gasteiger partial charge in [0.15, 0.2) is 18.2 Å². The fraction of sp³-hybridized carbons (Fsp3) is 0.0625. The molecule has 0 bridgehead atoms. The van der Waals surface area contributed by atoms with E-state index in [1.807, 2.05) is 10.3 Å². The zero-order valence-corrected chi connectivity index (χ0v) is 14.4. The lowest BCUT2D eigenvalue weighted by molar-refractivity contribution is -0.123. The van der Waals surface area contributed by atoms with Crippen LogP contribution in [0.4, 0.5) is 4.39 Å². The highest BCUT2D eigenvalue weighted by atomic mass is 35.5. The van der Waals surface area contributed by atoms with Crippen LogP contribution in [0.15, 0.2) is 53.9 Å². The van der Waals surface area contributed by atoms with E-state index in [1.54, 1.807) is 30.3 Å². The number of nitrogens with one attached hydrogen (secondary N) is 2. The Morgan fingerprint density at radius 1 is 1.16 bits per heavy atom. The second kappa shape index (κ2) is 8.61. The van der Waals surface area contributed by atoms with Crippen molar-refractivity contribution in [2.45, 2.75) is 0 Å². The van der Waals surface area contributed by atoms with Gasteiger partial charge < -0.3 is 4.74 Å². The van der Waals surface area contributed by atoms with E-state index in [9.17, 15) is 17.6 Å². The Hall–Kier alpha value is -2.42. The summed E-state index contributed by atoms with van der Waals surface area (Å²) in [7, 11) is -3.90. The Morgan fingerprint density at radius 3 is 2.52 bits per heavy atom. The zero-order chi connectivity index (χ0) is 18.3. The highest BCUT2D eigenvalue weighted by molar-refractivity contribution is 7.92. The first kappa shape index (κ1) is 18.9. The summed E-state index contributed by atoms with van der Waals surface area (Å²) in [6, 6.07) is 12.0. The number of amides is 1. The molecule has 0 fully saturated rings. The normalized spacial score (nSPS) is 11.4. The summed E-state index contributed by atoms with van der Waals surface area (Å²) >= 11 is 5.73. The number of carbonyl (C=O) groups is 1. The minimum atomic E-state index is -3.90. The molecule has 0 aliphatic carbocycles. The summed E-state index contributed by atoms with van der Waals surface area (Å²) in [6.07, 6.45) is 1.33. The third kappa shape index (κ3) is 6.54. The number of carbonyl (C=O) groups excluding carboxylic acids is 1. The Bertz CT molecular complexity index is 870. The van der Waals surface area contributed by atoms with Crippen molar-refractivity contribution in [3.8, 4) is 5.75 Å². The lowest BCUT2D eigenvalue weighted by Crippen LogP contribution is -2.42. The summed E-state index contributed by atoms with van der Waals surface area (Å²) in [5.74, 6) is -1.52. The molecule has 0 spiro atoms. The van der Waals surface area contributed by atoms with Crippen LogP contribution in [0.3, 0.4) is 0 Å². The summed E-state index contributed by atoms with van der Waals surface area (Å²) in [4.78, 5) is 13.4. The van der Waals surface area contributed by atoms with Crippen LogP contribution in [-0.4, -0.2) is 20.9 Å². The van der Waals surface area contributed by atoms with E-state index in [1.165, 1.54) is 24.3 Å². The number of para-hydroxylation sites is 1. The van der Waals surface area contributed by atoms with E-state index in [0.717, 1.165) is 5.41 Å². The topological polar surface area (TPSA) is 84.5 Å². The van der Waals surface area contributed by atoms with Gasteiger partial charge in [0.1, 0.15) is 0 Å². The van der Waals surface area contributed by atoms with Crippen molar-refractivity contribution in [2.24, 2.45) is 0 Å². The van der Waals surface area contributed by atoms with Crippen LogP contribution in [-0.2, 0) is 14.8 Å². The smallest absolute Gasteiger partial charge is 0.272 e. The van der Waals surface area contributed by atoms with Gasteiger partial charge in [-0.1, -0.05) is 35.9 Å². The van der Waals surface area contributed by atoms with Crippen LogP contribution in [0, 0.1) is 5.82 Å². The number of hydrazine groups is 1. The second-order valence-corrected chi connectivity index (χ2v) is 6.77. The van der Waals surface area contributed by atoms with E-state index in [4.69, 9.17) is 16.3 Å². The lowest BCUT2D eigenvalue weighted by Gasteiger charge is -2.08. The Morgan fingerprint density at radius 2 is 1.84 bits per heavy atom. The van der Waals surface area contributed by atoms with Crippen LogP contribution in [0.2, 0.25) is 5.02 Å². The average molecular weight is 385 g/mol. The van der Waals surface area contributed by atoms with Gasteiger partial charge in [0.25, 0.3) is 15.9 Å². The molecule has 0 saturated carbocycles. The molecule has 25 heavy (non-hydrogen) atoms. The van der Waals surface area contributed by atoms with Gasteiger partial charge in [-0.2, -0.15) is 0 Å². The van der Waals surface area contributed by atoms with Gasteiger partial charge in [-0.05, 0) is 35.9 Å². The number of hydrogen-bond donors (Lipinski definition) is 2. The van der Waals surface area contributed by atoms with Crippen molar-refractivity contribution in [2.75, 3.05) is 6.61 Å². The molecular weight excluding hydrogens is 371 g/mol. The van der Waals surface area contributed by atoms with Crippen molar-refractivity contribution >= 4 is 33.6 Å². The number of sulfonamides is 1. The van der Waals surface area contributed by atoms with Gasteiger partial charge in [-0.25, -0.2) is 12.8 Å². The number of halogens is 2. The molecule has 0 unspecified atom stereocenters. The number of ether oxygens (including phenoxy) is 1. The largest absolute Gasteiger partial charge is 0.481 e. The maximum absolute atomic E-state index is 13.3. The monoisotopic (exact) mass is 384 g/mol. The molecule has 9 heteroatoms. The van der Waals surface area contributed by atoms with Crippen LogP contribution >= 0.6 is 11.6 Å². The first-order chi connectivity index (χ1) is 11.9. The van der Waals surface area contributed by atoms with Crippen molar-refractivity contribution in [3.63, 3.8) is 0 Å². The van der Waals surface area contributed by atoms with Gasteiger partial charge in [0.2, 0.25) is 0 Å². The molecule has 0 saturated heterocycles. The molecule has 2 rings (SSSR count). The predicted octanol–water partition coefficient (Wildman–Crippen LogP) is 2.48. The number of hydrogen-bond acceptors (Lipinski definition) is 4. The van der Waals surface area contributed by atoms with Gasteiger partial charge >= 0.3 is 0 Å². The van der Waals surface area contributed by atoms with Gasteiger partial charge in [-0.15, -0.1) is 4.83 Å². The molecule has 2 aromatic carbocycles. The average Bonchev–Trinajstić information content (AvgIpc) is 2.59. The van der Waals surface area contributed by atoms with Crippen LogP contribution in [0.5, 0.6) is 5.75 Å². The van der Waals surface area contributed by atoms with E-state index in [-0.39, 0.29) is 5.75 Å². The van der Waals surface area contributed by atoms with Crippen molar-refractivity contribution in [1.29, 1.82) is 0 Å².